The van der Waals surface area contributed by atoms with Crippen molar-refractivity contribution in [3.05, 3.63) is 60.2 Å². The molecule has 0 aliphatic rings. The molecule has 1 atom stereocenters. The summed E-state index contributed by atoms with van der Waals surface area (Å²) in [4.78, 5) is 10.9. The summed E-state index contributed by atoms with van der Waals surface area (Å²) in [5.74, 6) is 0.439. The topological polar surface area (TPSA) is 72.6 Å². The Hall–Kier alpha value is -2.33. The quantitative estimate of drug-likeness (QED) is 0.862. The summed E-state index contributed by atoms with van der Waals surface area (Å²) in [6.07, 6.45) is -1.32. The Morgan fingerprint density at radius 2 is 1.72 bits per heavy atom. The molecule has 0 saturated carbocycles. The van der Waals surface area contributed by atoms with Gasteiger partial charge in [0, 0.05) is 0 Å². The van der Waals surface area contributed by atoms with Crippen LogP contribution in [0.5, 0.6) is 11.5 Å². The molecular formula is C14H13NO3. The molecule has 2 aromatic rings. The van der Waals surface area contributed by atoms with Gasteiger partial charge in [0.05, 0.1) is 0 Å². The second-order valence-corrected chi connectivity index (χ2v) is 3.79. The van der Waals surface area contributed by atoms with E-state index in [4.69, 9.17) is 10.5 Å². The van der Waals surface area contributed by atoms with Crippen LogP contribution in [-0.4, -0.2) is 11.0 Å². The van der Waals surface area contributed by atoms with E-state index in [-0.39, 0.29) is 0 Å². The van der Waals surface area contributed by atoms with Crippen molar-refractivity contribution in [1.29, 1.82) is 0 Å². The molecule has 2 aromatic carbocycles. The molecule has 0 aliphatic heterocycles. The minimum absolute atomic E-state index is 0.413. The normalized spacial score (nSPS) is 11.8. The van der Waals surface area contributed by atoms with Gasteiger partial charge in [-0.1, -0.05) is 30.3 Å². The Morgan fingerprint density at radius 1 is 1.06 bits per heavy atom. The number of aliphatic hydroxyl groups excluding tert-OH is 1. The van der Waals surface area contributed by atoms with Crippen LogP contribution in [0.2, 0.25) is 0 Å². The highest BCUT2D eigenvalue weighted by molar-refractivity contribution is 5.80. The number of carbonyl (C=O) groups excluding carboxylic acids is 1. The van der Waals surface area contributed by atoms with Gasteiger partial charge in [-0.15, -0.1) is 0 Å². The first kappa shape index (κ1) is 12.1. The van der Waals surface area contributed by atoms with Crippen LogP contribution in [0.1, 0.15) is 11.7 Å². The summed E-state index contributed by atoms with van der Waals surface area (Å²) in [6.45, 7) is 0. The smallest absolute Gasteiger partial charge is 0.250 e. The molecule has 2 rings (SSSR count). The van der Waals surface area contributed by atoms with E-state index >= 15 is 0 Å². The van der Waals surface area contributed by atoms with Crippen molar-refractivity contribution in [2.45, 2.75) is 6.10 Å². The number of carbonyl (C=O) groups is 1. The number of hydrogen-bond donors (Lipinski definition) is 2. The van der Waals surface area contributed by atoms with Crippen LogP contribution in [-0.2, 0) is 4.79 Å². The van der Waals surface area contributed by atoms with Gasteiger partial charge in [-0.3, -0.25) is 4.79 Å². The van der Waals surface area contributed by atoms with E-state index < -0.39 is 12.0 Å². The van der Waals surface area contributed by atoms with Crippen LogP contribution in [0.25, 0.3) is 0 Å². The van der Waals surface area contributed by atoms with Crippen molar-refractivity contribution in [3.63, 3.8) is 0 Å². The van der Waals surface area contributed by atoms with E-state index in [0.29, 0.717) is 17.1 Å². The lowest BCUT2D eigenvalue weighted by molar-refractivity contribution is -0.126. The molecule has 18 heavy (non-hydrogen) atoms. The molecular weight excluding hydrogens is 230 g/mol. The summed E-state index contributed by atoms with van der Waals surface area (Å²) >= 11 is 0. The molecule has 0 aliphatic carbocycles. The van der Waals surface area contributed by atoms with Gasteiger partial charge in [0.25, 0.3) is 5.91 Å². The van der Waals surface area contributed by atoms with E-state index in [9.17, 15) is 9.90 Å². The van der Waals surface area contributed by atoms with Crippen molar-refractivity contribution in [2.24, 2.45) is 5.73 Å². The monoisotopic (exact) mass is 243 g/mol. The first-order chi connectivity index (χ1) is 8.66. The van der Waals surface area contributed by atoms with Gasteiger partial charge in [0.2, 0.25) is 0 Å². The second kappa shape index (κ2) is 5.33. The zero-order chi connectivity index (χ0) is 13.0. The molecule has 4 nitrogen and oxygen atoms in total. The van der Waals surface area contributed by atoms with Gasteiger partial charge in [-0.05, 0) is 29.8 Å². The number of rotatable bonds is 4. The molecule has 0 bridgehead atoms. The van der Waals surface area contributed by atoms with Gasteiger partial charge in [-0.2, -0.15) is 0 Å². The van der Waals surface area contributed by atoms with E-state index in [2.05, 4.69) is 0 Å². The van der Waals surface area contributed by atoms with Gasteiger partial charge in [-0.25, -0.2) is 0 Å². The van der Waals surface area contributed by atoms with E-state index in [1.807, 2.05) is 30.3 Å². The summed E-state index contributed by atoms with van der Waals surface area (Å²) in [7, 11) is 0. The van der Waals surface area contributed by atoms with Crippen molar-refractivity contribution in [1.82, 2.24) is 0 Å². The first-order valence-electron chi connectivity index (χ1n) is 5.47. The number of amides is 1. The van der Waals surface area contributed by atoms with Crippen LogP contribution < -0.4 is 10.5 Å². The van der Waals surface area contributed by atoms with Gasteiger partial charge in [0.1, 0.15) is 11.5 Å². The SMILES string of the molecule is NC(=O)[C@@H](O)c1cccc(Oc2ccccc2)c1. The maximum atomic E-state index is 10.9. The second-order valence-electron chi connectivity index (χ2n) is 3.79. The predicted octanol–water partition coefficient (Wildman–Crippen LogP) is 2.00. The van der Waals surface area contributed by atoms with Crippen LogP contribution in [0.3, 0.4) is 0 Å². The minimum atomic E-state index is -1.32. The first-order valence-corrected chi connectivity index (χ1v) is 5.47. The molecule has 0 spiro atoms. The Balaban J connectivity index is 2.20. The van der Waals surface area contributed by atoms with Crippen LogP contribution in [0, 0.1) is 0 Å². The molecule has 0 heterocycles. The van der Waals surface area contributed by atoms with Crippen molar-refractivity contribution >= 4 is 5.91 Å². The lowest BCUT2D eigenvalue weighted by Crippen LogP contribution is -2.20. The summed E-state index contributed by atoms with van der Waals surface area (Å²) in [6, 6.07) is 15.9. The highest BCUT2D eigenvalue weighted by atomic mass is 16.5. The number of ether oxygens (including phenoxy) is 1. The molecule has 0 saturated heterocycles. The third-order valence-corrected chi connectivity index (χ3v) is 2.42. The highest BCUT2D eigenvalue weighted by Crippen LogP contribution is 2.24. The number of benzene rings is 2. The standard InChI is InChI=1S/C14H13NO3/c15-14(17)13(16)10-5-4-8-12(9-10)18-11-6-2-1-3-7-11/h1-9,13,16H,(H2,15,17)/t13-/m0/s1. The van der Waals surface area contributed by atoms with Crippen LogP contribution in [0.15, 0.2) is 54.6 Å². The predicted molar refractivity (Wildman–Crippen MR) is 67.1 cm³/mol. The van der Waals surface area contributed by atoms with Crippen molar-refractivity contribution < 1.29 is 14.6 Å². The fraction of sp³-hybridized carbons (Fsp3) is 0.0714. The largest absolute Gasteiger partial charge is 0.457 e. The molecule has 0 radical (unpaired) electrons. The number of para-hydroxylation sites is 1. The van der Waals surface area contributed by atoms with Crippen molar-refractivity contribution in [2.75, 3.05) is 0 Å². The minimum Gasteiger partial charge on any atom is -0.457 e. The summed E-state index contributed by atoms with van der Waals surface area (Å²) < 4.78 is 5.59. The number of primary amides is 1. The van der Waals surface area contributed by atoms with Crippen LogP contribution >= 0.6 is 0 Å². The maximum absolute atomic E-state index is 10.9. The van der Waals surface area contributed by atoms with Gasteiger partial charge < -0.3 is 15.6 Å². The number of nitrogens with two attached hydrogens (primary N) is 1. The fourth-order valence-electron chi connectivity index (χ4n) is 1.54. The molecule has 92 valence electrons. The van der Waals surface area contributed by atoms with E-state index in [1.54, 1.807) is 24.3 Å². The van der Waals surface area contributed by atoms with Crippen LogP contribution in [0.4, 0.5) is 0 Å². The lowest BCUT2D eigenvalue weighted by atomic mass is 10.1. The Bertz CT molecular complexity index is 540. The molecule has 4 heteroatoms. The third-order valence-electron chi connectivity index (χ3n) is 2.42. The number of aliphatic hydroxyl groups is 1. The van der Waals surface area contributed by atoms with Gasteiger partial charge >= 0.3 is 0 Å². The molecule has 1 amide bonds. The maximum Gasteiger partial charge on any atom is 0.250 e. The molecule has 0 unspecified atom stereocenters. The zero-order valence-corrected chi connectivity index (χ0v) is 9.61. The molecule has 0 fully saturated rings. The average molecular weight is 243 g/mol. The van der Waals surface area contributed by atoms with E-state index in [1.165, 1.54) is 0 Å². The Kier molecular flexibility index (Phi) is 3.60. The van der Waals surface area contributed by atoms with E-state index in [0.717, 1.165) is 0 Å². The zero-order valence-electron chi connectivity index (χ0n) is 9.61. The lowest BCUT2D eigenvalue weighted by Gasteiger charge is -2.10. The highest BCUT2D eigenvalue weighted by Gasteiger charge is 2.14. The summed E-state index contributed by atoms with van der Waals surface area (Å²) in [5.41, 5.74) is 5.45. The van der Waals surface area contributed by atoms with Gasteiger partial charge in [0.15, 0.2) is 6.10 Å². The molecule has 0 aromatic heterocycles. The number of hydrogen-bond acceptors (Lipinski definition) is 3. The Labute approximate surface area is 105 Å². The summed E-state index contributed by atoms with van der Waals surface area (Å²) in [5, 5.41) is 9.56. The molecule has 3 N–H and O–H groups in total. The van der Waals surface area contributed by atoms with Crippen molar-refractivity contribution in [3.8, 4) is 11.5 Å². The Morgan fingerprint density at radius 3 is 2.39 bits per heavy atom. The average Bonchev–Trinajstić information content (AvgIpc) is 2.39. The fourth-order valence-corrected chi connectivity index (χ4v) is 1.54. The third kappa shape index (κ3) is 2.87.